The lowest BCUT2D eigenvalue weighted by Gasteiger charge is -2.11. The van der Waals surface area contributed by atoms with Crippen LogP contribution >= 0.6 is 23.2 Å². The molecule has 2 aromatic carbocycles. The van der Waals surface area contributed by atoms with Crippen molar-refractivity contribution in [3.8, 4) is 16.9 Å². The summed E-state index contributed by atoms with van der Waals surface area (Å²) in [5.41, 5.74) is 6.69. The van der Waals surface area contributed by atoms with Crippen molar-refractivity contribution in [2.45, 2.75) is 13.0 Å². The highest BCUT2D eigenvalue weighted by atomic mass is 35.5. The van der Waals surface area contributed by atoms with E-state index in [0.29, 0.717) is 46.5 Å². The minimum atomic E-state index is -0.476. The molecular formula is C19H16Cl2N4O4. The molecule has 0 radical (unpaired) electrons. The number of non-ortho nitro benzene ring substituents is 1. The van der Waals surface area contributed by atoms with E-state index in [1.54, 1.807) is 24.4 Å². The monoisotopic (exact) mass is 434 g/mol. The number of aryl methyl sites for hydroxylation is 1. The van der Waals surface area contributed by atoms with E-state index in [9.17, 15) is 14.9 Å². The molecule has 0 aliphatic rings. The molecule has 3 rings (SSSR count). The SMILES string of the molecule is Nc1nc(=O)n(CCCOc2ccc([N+](=O)[O-])cc2)cc1-c1ccc(Cl)c(Cl)c1. The first-order valence-corrected chi connectivity index (χ1v) is 9.30. The van der Waals surface area contributed by atoms with Crippen LogP contribution in [0.1, 0.15) is 6.42 Å². The molecular weight excluding hydrogens is 419 g/mol. The maximum atomic E-state index is 12.1. The van der Waals surface area contributed by atoms with Crippen LogP contribution in [0.15, 0.2) is 53.5 Å². The molecule has 150 valence electrons. The Kier molecular flexibility index (Phi) is 6.36. The van der Waals surface area contributed by atoms with E-state index in [1.807, 2.05) is 0 Å². The molecule has 1 heterocycles. The lowest BCUT2D eigenvalue weighted by atomic mass is 10.1. The second-order valence-electron chi connectivity index (χ2n) is 6.10. The zero-order valence-corrected chi connectivity index (χ0v) is 16.6. The van der Waals surface area contributed by atoms with E-state index in [1.165, 1.54) is 28.8 Å². The average Bonchev–Trinajstić information content (AvgIpc) is 2.69. The molecule has 0 saturated heterocycles. The van der Waals surface area contributed by atoms with Crippen LogP contribution < -0.4 is 16.2 Å². The first kappa shape index (κ1) is 20.6. The molecule has 0 unspecified atom stereocenters. The number of nitro benzene ring substituents is 1. The highest BCUT2D eigenvalue weighted by molar-refractivity contribution is 6.42. The second kappa shape index (κ2) is 8.93. The van der Waals surface area contributed by atoms with Crippen molar-refractivity contribution in [3.63, 3.8) is 0 Å². The summed E-state index contributed by atoms with van der Waals surface area (Å²) in [6.07, 6.45) is 2.14. The predicted molar refractivity (Wildman–Crippen MR) is 112 cm³/mol. The summed E-state index contributed by atoms with van der Waals surface area (Å²) in [5.74, 6) is 0.613. The van der Waals surface area contributed by atoms with Crippen LogP contribution in [-0.4, -0.2) is 21.1 Å². The normalized spacial score (nSPS) is 10.7. The van der Waals surface area contributed by atoms with Crippen LogP contribution in [0.4, 0.5) is 11.5 Å². The molecule has 29 heavy (non-hydrogen) atoms. The van der Waals surface area contributed by atoms with Crippen molar-refractivity contribution in [2.75, 3.05) is 12.3 Å². The van der Waals surface area contributed by atoms with Crippen molar-refractivity contribution in [2.24, 2.45) is 0 Å². The van der Waals surface area contributed by atoms with Crippen LogP contribution in [-0.2, 0) is 6.54 Å². The molecule has 8 nitrogen and oxygen atoms in total. The Morgan fingerprint density at radius 1 is 1.14 bits per heavy atom. The highest BCUT2D eigenvalue weighted by Crippen LogP contribution is 2.30. The Hall–Kier alpha value is -3.10. The van der Waals surface area contributed by atoms with E-state index in [2.05, 4.69) is 4.98 Å². The fourth-order valence-electron chi connectivity index (χ4n) is 2.64. The Morgan fingerprint density at radius 3 is 2.52 bits per heavy atom. The van der Waals surface area contributed by atoms with Crippen molar-refractivity contribution in [3.05, 3.63) is 79.3 Å². The zero-order chi connectivity index (χ0) is 21.0. The lowest BCUT2D eigenvalue weighted by molar-refractivity contribution is -0.384. The highest BCUT2D eigenvalue weighted by Gasteiger charge is 2.10. The van der Waals surface area contributed by atoms with Gasteiger partial charge in [0.25, 0.3) is 5.69 Å². The van der Waals surface area contributed by atoms with Crippen molar-refractivity contribution >= 4 is 34.7 Å². The van der Waals surface area contributed by atoms with Gasteiger partial charge in [-0.25, -0.2) is 4.79 Å². The molecule has 0 amide bonds. The van der Waals surface area contributed by atoms with Gasteiger partial charge in [-0.3, -0.25) is 14.7 Å². The maximum Gasteiger partial charge on any atom is 0.349 e. The Morgan fingerprint density at radius 2 is 1.86 bits per heavy atom. The number of benzene rings is 2. The molecule has 0 bridgehead atoms. The summed E-state index contributed by atoms with van der Waals surface area (Å²) < 4.78 is 6.99. The summed E-state index contributed by atoms with van der Waals surface area (Å²) in [7, 11) is 0. The largest absolute Gasteiger partial charge is 0.494 e. The molecule has 0 spiro atoms. The van der Waals surface area contributed by atoms with Crippen LogP contribution in [0, 0.1) is 10.1 Å². The van der Waals surface area contributed by atoms with E-state index >= 15 is 0 Å². The van der Waals surface area contributed by atoms with Gasteiger partial charge in [0.05, 0.1) is 21.6 Å². The van der Waals surface area contributed by atoms with Gasteiger partial charge in [-0.2, -0.15) is 4.98 Å². The quantitative estimate of drug-likeness (QED) is 0.339. The number of nitrogens with zero attached hydrogens (tertiary/aromatic N) is 3. The van der Waals surface area contributed by atoms with Gasteiger partial charge < -0.3 is 10.5 Å². The van der Waals surface area contributed by atoms with E-state index in [4.69, 9.17) is 33.7 Å². The number of rotatable bonds is 7. The van der Waals surface area contributed by atoms with Crippen LogP contribution in [0.25, 0.3) is 11.1 Å². The Bertz CT molecular complexity index is 1100. The molecule has 1 aromatic heterocycles. The number of nitro groups is 1. The third kappa shape index (κ3) is 5.04. The minimum absolute atomic E-state index is 0.00770. The van der Waals surface area contributed by atoms with Gasteiger partial charge in [0, 0.05) is 30.4 Å². The van der Waals surface area contributed by atoms with E-state index < -0.39 is 10.6 Å². The maximum absolute atomic E-state index is 12.1. The van der Waals surface area contributed by atoms with Gasteiger partial charge in [0.1, 0.15) is 11.6 Å². The predicted octanol–water partition coefficient (Wildman–Crippen LogP) is 4.18. The van der Waals surface area contributed by atoms with Crippen LogP contribution in [0.2, 0.25) is 10.0 Å². The summed E-state index contributed by atoms with van der Waals surface area (Å²) in [6, 6.07) is 10.8. The van der Waals surface area contributed by atoms with E-state index in [0.717, 1.165) is 0 Å². The van der Waals surface area contributed by atoms with Crippen molar-refractivity contribution < 1.29 is 9.66 Å². The van der Waals surface area contributed by atoms with Crippen LogP contribution in [0.3, 0.4) is 0 Å². The molecule has 10 heteroatoms. The Labute approximate surface area is 175 Å². The summed E-state index contributed by atoms with van der Waals surface area (Å²) in [6.45, 7) is 0.671. The Balaban J connectivity index is 1.67. The number of hydrogen-bond donors (Lipinski definition) is 1. The van der Waals surface area contributed by atoms with E-state index in [-0.39, 0.29) is 11.5 Å². The smallest absolute Gasteiger partial charge is 0.349 e. The fourth-order valence-corrected chi connectivity index (χ4v) is 2.94. The molecule has 3 aromatic rings. The number of hydrogen-bond acceptors (Lipinski definition) is 6. The lowest BCUT2D eigenvalue weighted by Crippen LogP contribution is -2.25. The van der Waals surface area contributed by atoms with Gasteiger partial charge in [0.2, 0.25) is 0 Å². The average molecular weight is 435 g/mol. The number of nitrogen functional groups attached to an aromatic ring is 1. The van der Waals surface area contributed by atoms with Gasteiger partial charge in [0.15, 0.2) is 0 Å². The minimum Gasteiger partial charge on any atom is -0.494 e. The van der Waals surface area contributed by atoms with Gasteiger partial charge in [-0.15, -0.1) is 0 Å². The number of halogens is 2. The molecule has 2 N–H and O–H groups in total. The first-order chi connectivity index (χ1) is 13.8. The van der Waals surface area contributed by atoms with Crippen molar-refractivity contribution in [1.82, 2.24) is 9.55 Å². The molecule has 0 saturated carbocycles. The van der Waals surface area contributed by atoms with Gasteiger partial charge in [-0.1, -0.05) is 29.3 Å². The standard InChI is InChI=1S/C19H16Cl2N4O4/c20-16-7-2-12(10-17(16)21)15-11-24(19(26)23-18(15)22)8-1-9-29-14-5-3-13(4-6-14)25(27)28/h2-7,10-11H,1,8-9H2,(H2,22,23,26). The van der Waals surface area contributed by atoms with Crippen LogP contribution in [0.5, 0.6) is 5.75 Å². The summed E-state index contributed by atoms with van der Waals surface area (Å²) >= 11 is 12.0. The summed E-state index contributed by atoms with van der Waals surface area (Å²) in [4.78, 5) is 26.2. The molecule has 0 fully saturated rings. The third-order valence-corrected chi connectivity index (χ3v) is 4.85. The molecule has 0 atom stereocenters. The second-order valence-corrected chi connectivity index (χ2v) is 6.91. The van der Waals surface area contributed by atoms with Gasteiger partial charge in [-0.05, 0) is 36.2 Å². The van der Waals surface area contributed by atoms with Gasteiger partial charge >= 0.3 is 5.69 Å². The number of ether oxygens (including phenoxy) is 1. The topological polar surface area (TPSA) is 113 Å². The zero-order valence-electron chi connectivity index (χ0n) is 15.0. The number of anilines is 1. The number of nitrogens with two attached hydrogens (primary N) is 1. The fraction of sp³-hybridized carbons (Fsp3) is 0.158. The molecule has 0 aliphatic carbocycles. The van der Waals surface area contributed by atoms with Crippen molar-refractivity contribution in [1.29, 1.82) is 0 Å². The molecule has 0 aliphatic heterocycles. The third-order valence-electron chi connectivity index (χ3n) is 4.11. The summed E-state index contributed by atoms with van der Waals surface area (Å²) in [5, 5.41) is 11.4. The first-order valence-electron chi connectivity index (χ1n) is 8.55. The number of aromatic nitrogens is 2.